The molecule has 3 nitrogen and oxygen atoms in total. The number of fused-ring (bicyclic) bond motifs is 1. The average Bonchev–Trinajstić information content (AvgIpc) is 2.63. The zero-order valence-corrected chi connectivity index (χ0v) is 8.18. The van der Waals surface area contributed by atoms with Crippen LogP contribution in [0.5, 0.6) is 0 Å². The van der Waals surface area contributed by atoms with Crippen LogP contribution in [-0.2, 0) is 4.74 Å². The number of rotatable bonds is 2. The Bertz CT molecular complexity index is 151. The van der Waals surface area contributed by atoms with Crippen LogP contribution in [0.1, 0.15) is 0 Å². The van der Waals surface area contributed by atoms with Crippen molar-refractivity contribution in [3.63, 3.8) is 0 Å². The average molecular weight is 208 g/mol. The zero-order valence-electron chi connectivity index (χ0n) is 6.55. The predicted molar refractivity (Wildman–Crippen MR) is 50.5 cm³/mol. The van der Waals surface area contributed by atoms with Crippen molar-refractivity contribution in [3.8, 4) is 0 Å². The molecular formula is C7H12O3S2. The molecule has 2 N–H and O–H groups in total. The molecule has 0 aromatic carbocycles. The van der Waals surface area contributed by atoms with E-state index in [1.807, 2.05) is 23.5 Å². The van der Waals surface area contributed by atoms with Crippen molar-refractivity contribution < 1.29 is 14.9 Å². The Hall–Kier alpha value is 0.580. The van der Waals surface area contributed by atoms with Crippen molar-refractivity contribution >= 4 is 23.5 Å². The van der Waals surface area contributed by atoms with E-state index in [9.17, 15) is 0 Å². The van der Waals surface area contributed by atoms with Crippen molar-refractivity contribution in [2.75, 3.05) is 18.3 Å². The van der Waals surface area contributed by atoms with Gasteiger partial charge in [0.15, 0.2) is 0 Å². The summed E-state index contributed by atoms with van der Waals surface area (Å²) >= 11 is 3.66. The van der Waals surface area contributed by atoms with E-state index in [-0.39, 0.29) is 25.4 Å². The van der Waals surface area contributed by atoms with Gasteiger partial charge in [-0.05, 0) is 0 Å². The van der Waals surface area contributed by atoms with E-state index >= 15 is 0 Å². The first-order chi connectivity index (χ1) is 5.86. The van der Waals surface area contributed by atoms with Crippen LogP contribution in [0.25, 0.3) is 0 Å². The Morgan fingerprint density at radius 2 is 1.58 bits per heavy atom. The molecule has 0 aromatic rings. The number of aliphatic hydroxyl groups is 2. The predicted octanol–water partition coefficient (Wildman–Crippen LogP) is -0.0869. The van der Waals surface area contributed by atoms with Crippen LogP contribution < -0.4 is 0 Å². The lowest BCUT2D eigenvalue weighted by molar-refractivity contribution is -0.0101. The van der Waals surface area contributed by atoms with Gasteiger partial charge in [-0.25, -0.2) is 0 Å². The van der Waals surface area contributed by atoms with Gasteiger partial charge in [-0.15, -0.1) is 23.5 Å². The van der Waals surface area contributed by atoms with Gasteiger partial charge in [0.1, 0.15) is 0 Å². The van der Waals surface area contributed by atoms with Gasteiger partial charge >= 0.3 is 0 Å². The lowest BCUT2D eigenvalue weighted by Gasteiger charge is -2.12. The summed E-state index contributed by atoms with van der Waals surface area (Å²) < 4.78 is 5.49. The topological polar surface area (TPSA) is 49.7 Å². The van der Waals surface area contributed by atoms with Gasteiger partial charge in [0.05, 0.1) is 25.4 Å². The van der Waals surface area contributed by atoms with Gasteiger partial charge in [0.2, 0.25) is 0 Å². The largest absolute Gasteiger partial charge is 0.394 e. The van der Waals surface area contributed by atoms with Crippen molar-refractivity contribution in [2.24, 2.45) is 0 Å². The molecule has 70 valence electrons. The second-order valence-electron chi connectivity index (χ2n) is 2.96. The third kappa shape index (κ3) is 1.37. The highest BCUT2D eigenvalue weighted by atomic mass is 32.2. The number of hydrogen-bond acceptors (Lipinski definition) is 5. The van der Waals surface area contributed by atoms with Crippen LogP contribution in [0.15, 0.2) is 0 Å². The third-order valence-electron chi connectivity index (χ3n) is 2.29. The molecule has 0 aromatic heterocycles. The standard InChI is InChI=1S/C7H12O3S2/c8-1-4-6-7(12-3-11-6)5(2-9)10-4/h4-9H,1-3H2. The molecule has 2 saturated heterocycles. The molecule has 5 heteroatoms. The molecule has 2 aliphatic heterocycles. The number of thioether (sulfide) groups is 2. The fourth-order valence-electron chi connectivity index (χ4n) is 1.70. The molecular weight excluding hydrogens is 196 g/mol. The van der Waals surface area contributed by atoms with Crippen LogP contribution in [0.4, 0.5) is 0 Å². The minimum atomic E-state index is -0.0628. The summed E-state index contributed by atoms with van der Waals surface area (Å²) in [4.78, 5) is 0. The van der Waals surface area contributed by atoms with Crippen molar-refractivity contribution in [3.05, 3.63) is 0 Å². The number of ether oxygens (including phenoxy) is 1. The minimum absolute atomic E-state index is 0.0628. The van der Waals surface area contributed by atoms with Crippen LogP contribution >= 0.6 is 23.5 Å². The van der Waals surface area contributed by atoms with E-state index in [1.165, 1.54) is 0 Å². The van der Waals surface area contributed by atoms with Crippen molar-refractivity contribution in [2.45, 2.75) is 22.7 Å². The van der Waals surface area contributed by atoms with E-state index in [1.54, 1.807) is 0 Å². The molecule has 12 heavy (non-hydrogen) atoms. The van der Waals surface area contributed by atoms with Gasteiger partial charge < -0.3 is 14.9 Å². The molecule has 4 atom stereocenters. The van der Waals surface area contributed by atoms with Crippen molar-refractivity contribution in [1.82, 2.24) is 0 Å². The second-order valence-corrected chi connectivity index (χ2v) is 5.66. The summed E-state index contributed by atoms with van der Waals surface area (Å²) in [6.45, 7) is 0.149. The molecule has 4 unspecified atom stereocenters. The number of hydrogen-bond donors (Lipinski definition) is 2. The molecule has 0 bridgehead atoms. The molecule has 2 fully saturated rings. The Morgan fingerprint density at radius 3 is 2.00 bits per heavy atom. The SMILES string of the molecule is OCC1OC(CO)C2SCSC12. The van der Waals surface area contributed by atoms with Gasteiger partial charge in [0.25, 0.3) is 0 Å². The summed E-state index contributed by atoms with van der Waals surface area (Å²) in [6, 6.07) is 0. The fraction of sp³-hybridized carbons (Fsp3) is 1.00. The first kappa shape index (κ1) is 9.15. The van der Waals surface area contributed by atoms with E-state index in [4.69, 9.17) is 14.9 Å². The molecule has 0 saturated carbocycles. The smallest absolute Gasteiger partial charge is 0.0941 e. The third-order valence-corrected chi connectivity index (χ3v) is 5.51. The van der Waals surface area contributed by atoms with Gasteiger partial charge in [-0.3, -0.25) is 0 Å². The van der Waals surface area contributed by atoms with Gasteiger partial charge in [0, 0.05) is 15.6 Å². The normalized spacial score (nSPS) is 46.5. The first-order valence-electron chi connectivity index (χ1n) is 3.97. The summed E-state index contributed by atoms with van der Waals surface area (Å²) in [7, 11) is 0. The molecule has 0 spiro atoms. The lowest BCUT2D eigenvalue weighted by Crippen LogP contribution is -2.26. The molecule has 0 amide bonds. The Morgan fingerprint density at radius 1 is 1.08 bits per heavy atom. The zero-order chi connectivity index (χ0) is 8.55. The van der Waals surface area contributed by atoms with E-state index in [0.717, 1.165) is 5.08 Å². The van der Waals surface area contributed by atoms with E-state index in [2.05, 4.69) is 0 Å². The monoisotopic (exact) mass is 208 g/mol. The molecule has 2 rings (SSSR count). The lowest BCUT2D eigenvalue weighted by atomic mass is 10.2. The van der Waals surface area contributed by atoms with Crippen molar-refractivity contribution in [1.29, 1.82) is 0 Å². The highest BCUT2D eigenvalue weighted by molar-refractivity contribution is 8.20. The van der Waals surface area contributed by atoms with Gasteiger partial charge in [-0.2, -0.15) is 0 Å². The van der Waals surface area contributed by atoms with E-state index < -0.39 is 0 Å². The van der Waals surface area contributed by atoms with Crippen LogP contribution in [-0.4, -0.2) is 51.2 Å². The fourth-order valence-corrected chi connectivity index (χ4v) is 5.20. The Balaban J connectivity index is 2.05. The maximum absolute atomic E-state index is 9.00. The van der Waals surface area contributed by atoms with Crippen LogP contribution in [0, 0.1) is 0 Å². The highest BCUT2D eigenvalue weighted by Gasteiger charge is 2.47. The minimum Gasteiger partial charge on any atom is -0.394 e. The number of aliphatic hydroxyl groups excluding tert-OH is 2. The summed E-state index contributed by atoms with van der Waals surface area (Å²) in [5.74, 6) is 0. The summed E-state index contributed by atoms with van der Waals surface area (Å²) in [5, 5.41) is 19.8. The Labute approximate surface area is 79.9 Å². The quantitative estimate of drug-likeness (QED) is 0.664. The summed E-state index contributed by atoms with van der Waals surface area (Å²) in [6.07, 6.45) is -0.126. The maximum atomic E-state index is 9.00. The maximum Gasteiger partial charge on any atom is 0.0941 e. The van der Waals surface area contributed by atoms with Crippen LogP contribution in [0.3, 0.4) is 0 Å². The highest BCUT2D eigenvalue weighted by Crippen LogP contribution is 2.46. The van der Waals surface area contributed by atoms with Crippen LogP contribution in [0.2, 0.25) is 0 Å². The first-order valence-corrected chi connectivity index (χ1v) is 6.07. The Kier molecular flexibility index (Phi) is 2.86. The second kappa shape index (κ2) is 3.75. The molecule has 2 aliphatic rings. The molecule has 0 aliphatic carbocycles. The van der Waals surface area contributed by atoms with Gasteiger partial charge in [-0.1, -0.05) is 0 Å². The molecule has 0 radical (unpaired) electrons. The molecule has 2 heterocycles. The van der Waals surface area contributed by atoms with E-state index in [0.29, 0.717) is 10.5 Å². The summed E-state index contributed by atoms with van der Waals surface area (Å²) in [5.41, 5.74) is 0.